The van der Waals surface area contributed by atoms with Gasteiger partial charge >= 0.3 is 0 Å². The number of nitrogens with zero attached hydrogens (tertiary/aromatic N) is 1. The van der Waals surface area contributed by atoms with Crippen molar-refractivity contribution in [2.45, 2.75) is 56.8 Å². The van der Waals surface area contributed by atoms with Crippen molar-refractivity contribution in [3.05, 3.63) is 199 Å². The fraction of sp³-hybridized carbons (Fsp3) is 0.179. The molecule has 0 radical (unpaired) electrons. The maximum Gasteiger partial charge on any atom is 0.0468 e. The van der Waals surface area contributed by atoms with Crippen molar-refractivity contribution in [2.75, 3.05) is 4.90 Å². The summed E-state index contributed by atoms with van der Waals surface area (Å²) in [6.07, 6.45) is 6.86. The van der Waals surface area contributed by atoms with Crippen molar-refractivity contribution < 1.29 is 0 Å². The van der Waals surface area contributed by atoms with Crippen LogP contribution in [0.5, 0.6) is 0 Å². The molecule has 1 nitrogen and oxygen atoms in total. The molecule has 0 unspecified atom stereocenters. The summed E-state index contributed by atoms with van der Waals surface area (Å²) in [4.78, 5) is 2.46. The molecular formula is C56H47N. The molecule has 11 rings (SSSR count). The summed E-state index contributed by atoms with van der Waals surface area (Å²) in [5, 5.41) is 2.54. The number of rotatable bonds is 7. The van der Waals surface area contributed by atoms with E-state index in [-0.39, 0.29) is 5.41 Å². The van der Waals surface area contributed by atoms with Gasteiger partial charge in [0, 0.05) is 22.5 Å². The van der Waals surface area contributed by atoms with Gasteiger partial charge in [-0.2, -0.15) is 0 Å². The van der Waals surface area contributed by atoms with E-state index in [1.807, 2.05) is 0 Å². The first-order valence-electron chi connectivity index (χ1n) is 20.9. The van der Waals surface area contributed by atoms with Crippen LogP contribution in [0.25, 0.3) is 55.3 Å². The third kappa shape index (κ3) is 5.51. The first kappa shape index (κ1) is 34.1. The Kier molecular flexibility index (Phi) is 7.90. The Labute approximate surface area is 337 Å². The van der Waals surface area contributed by atoms with E-state index in [0.29, 0.717) is 5.41 Å². The first-order chi connectivity index (χ1) is 28.0. The molecule has 2 fully saturated rings. The van der Waals surface area contributed by atoms with Crippen molar-refractivity contribution in [1.29, 1.82) is 0 Å². The third-order valence-corrected chi connectivity index (χ3v) is 13.9. The SMILES string of the molecule is CC1(C)c2ccc(N(c3ccc(-c4ccc(-c5ccccc5)c5ccccc45)cc3)c3cccc(-c4ccccc4)c3)cc2-c2cccc(C34CCC(CC3)C4)c21. The first-order valence-corrected chi connectivity index (χ1v) is 20.9. The van der Waals surface area contributed by atoms with Gasteiger partial charge in [-0.05, 0) is 152 Å². The molecule has 57 heavy (non-hydrogen) atoms. The molecule has 8 aromatic carbocycles. The van der Waals surface area contributed by atoms with Crippen LogP contribution in [0, 0.1) is 5.92 Å². The molecule has 2 bridgehead atoms. The molecule has 0 atom stereocenters. The van der Waals surface area contributed by atoms with Crippen LogP contribution in [0.15, 0.2) is 182 Å². The van der Waals surface area contributed by atoms with E-state index in [1.54, 1.807) is 11.1 Å². The lowest BCUT2D eigenvalue weighted by Gasteiger charge is -2.34. The van der Waals surface area contributed by atoms with Gasteiger partial charge in [0.25, 0.3) is 0 Å². The zero-order chi connectivity index (χ0) is 38.1. The van der Waals surface area contributed by atoms with Crippen LogP contribution in [0.2, 0.25) is 0 Å². The minimum atomic E-state index is -0.0479. The molecule has 1 heteroatoms. The largest absolute Gasteiger partial charge is 0.310 e. The molecule has 0 spiro atoms. The van der Waals surface area contributed by atoms with Crippen LogP contribution in [-0.4, -0.2) is 0 Å². The molecule has 0 saturated heterocycles. The Morgan fingerprint density at radius 2 is 1.00 bits per heavy atom. The van der Waals surface area contributed by atoms with Gasteiger partial charge in [-0.1, -0.05) is 159 Å². The smallest absolute Gasteiger partial charge is 0.0468 e. The van der Waals surface area contributed by atoms with Crippen molar-refractivity contribution in [3.63, 3.8) is 0 Å². The lowest BCUT2D eigenvalue weighted by molar-refractivity contribution is 0.412. The highest BCUT2D eigenvalue weighted by Crippen LogP contribution is 2.61. The lowest BCUT2D eigenvalue weighted by atomic mass is 9.70. The molecule has 8 aromatic rings. The van der Waals surface area contributed by atoms with Gasteiger partial charge in [-0.25, -0.2) is 0 Å². The number of hydrogen-bond acceptors (Lipinski definition) is 1. The van der Waals surface area contributed by atoms with E-state index in [0.717, 1.165) is 17.3 Å². The van der Waals surface area contributed by atoms with Gasteiger partial charge in [-0.15, -0.1) is 0 Å². The van der Waals surface area contributed by atoms with Gasteiger partial charge in [0.15, 0.2) is 0 Å². The van der Waals surface area contributed by atoms with E-state index in [1.165, 1.54) is 98.6 Å². The van der Waals surface area contributed by atoms with Crippen molar-refractivity contribution >= 4 is 27.8 Å². The Bertz CT molecular complexity index is 2790. The molecule has 3 aliphatic carbocycles. The summed E-state index contributed by atoms with van der Waals surface area (Å²) < 4.78 is 0. The Balaban J connectivity index is 1.04. The molecule has 0 amide bonds. The van der Waals surface area contributed by atoms with Gasteiger partial charge < -0.3 is 4.90 Å². The lowest BCUT2D eigenvalue weighted by Crippen LogP contribution is -2.26. The van der Waals surface area contributed by atoms with E-state index in [4.69, 9.17) is 0 Å². The fourth-order valence-electron chi connectivity index (χ4n) is 11.1. The Morgan fingerprint density at radius 1 is 0.421 bits per heavy atom. The van der Waals surface area contributed by atoms with Gasteiger partial charge in [-0.3, -0.25) is 0 Å². The predicted octanol–water partition coefficient (Wildman–Crippen LogP) is 15.4. The van der Waals surface area contributed by atoms with E-state index in [2.05, 4.69) is 201 Å². The molecule has 0 heterocycles. The monoisotopic (exact) mass is 733 g/mol. The van der Waals surface area contributed by atoms with Crippen molar-refractivity contribution in [3.8, 4) is 44.5 Å². The van der Waals surface area contributed by atoms with E-state index < -0.39 is 0 Å². The van der Waals surface area contributed by atoms with Crippen LogP contribution < -0.4 is 4.90 Å². The van der Waals surface area contributed by atoms with Gasteiger partial charge in [0.05, 0.1) is 0 Å². The topological polar surface area (TPSA) is 3.24 Å². The van der Waals surface area contributed by atoms with Crippen molar-refractivity contribution in [1.82, 2.24) is 0 Å². The molecule has 0 aliphatic heterocycles. The second-order valence-corrected chi connectivity index (χ2v) is 17.4. The van der Waals surface area contributed by atoms with Crippen LogP contribution in [0.3, 0.4) is 0 Å². The second-order valence-electron chi connectivity index (χ2n) is 17.4. The van der Waals surface area contributed by atoms with Gasteiger partial charge in [0.2, 0.25) is 0 Å². The zero-order valence-corrected chi connectivity index (χ0v) is 32.9. The number of fused-ring (bicyclic) bond motifs is 6. The highest BCUT2D eigenvalue weighted by Gasteiger charge is 2.50. The van der Waals surface area contributed by atoms with E-state index >= 15 is 0 Å². The second kappa shape index (κ2) is 13.2. The summed E-state index contributed by atoms with van der Waals surface area (Å²) in [5.41, 5.74) is 18.6. The summed E-state index contributed by atoms with van der Waals surface area (Å²) in [7, 11) is 0. The molecule has 3 aliphatic rings. The summed E-state index contributed by atoms with van der Waals surface area (Å²) in [6.45, 7) is 4.93. The standard InChI is InChI=1S/C56H47N/c1-55(2)52-30-27-45(36-51(52)50-21-12-22-53(54(50)55)56-33-31-38(37-56)32-34-56)57(44-18-11-17-42(35-44)39-13-5-3-6-14-39)43-25-23-41(24-26-43)47-29-28-46(40-15-7-4-8-16-40)48-19-9-10-20-49(47)48/h3-30,35-36,38H,31-34,37H2,1-2H3. The summed E-state index contributed by atoms with van der Waals surface area (Å²) in [5.74, 6) is 0.915. The molecule has 0 N–H and O–H groups in total. The zero-order valence-electron chi connectivity index (χ0n) is 32.9. The van der Waals surface area contributed by atoms with Gasteiger partial charge in [0.1, 0.15) is 0 Å². The Morgan fingerprint density at radius 3 is 1.67 bits per heavy atom. The quantitative estimate of drug-likeness (QED) is 0.158. The highest BCUT2D eigenvalue weighted by atomic mass is 15.1. The molecule has 0 aromatic heterocycles. The molecular weight excluding hydrogens is 687 g/mol. The van der Waals surface area contributed by atoms with E-state index in [9.17, 15) is 0 Å². The van der Waals surface area contributed by atoms with Crippen molar-refractivity contribution in [2.24, 2.45) is 5.92 Å². The van der Waals surface area contributed by atoms with Crippen LogP contribution in [-0.2, 0) is 10.8 Å². The van der Waals surface area contributed by atoms with Crippen LogP contribution >= 0.6 is 0 Å². The minimum Gasteiger partial charge on any atom is -0.310 e. The molecule has 2 saturated carbocycles. The summed E-state index contributed by atoms with van der Waals surface area (Å²) >= 11 is 0. The minimum absolute atomic E-state index is 0.0479. The fourth-order valence-corrected chi connectivity index (χ4v) is 11.1. The third-order valence-electron chi connectivity index (χ3n) is 13.9. The summed E-state index contributed by atoms with van der Waals surface area (Å²) in [6, 6.07) is 67.7. The Hall–Kier alpha value is -6.18. The number of hydrogen-bond donors (Lipinski definition) is 0. The average molecular weight is 734 g/mol. The number of benzene rings is 8. The number of anilines is 3. The normalized spacial score (nSPS) is 18.7. The molecule has 276 valence electrons. The van der Waals surface area contributed by atoms with Crippen LogP contribution in [0.1, 0.15) is 62.6 Å². The maximum atomic E-state index is 2.49. The highest BCUT2D eigenvalue weighted by molar-refractivity contribution is 6.05. The predicted molar refractivity (Wildman–Crippen MR) is 241 cm³/mol. The average Bonchev–Trinajstić information content (AvgIpc) is 3.96. The van der Waals surface area contributed by atoms with Crippen LogP contribution in [0.4, 0.5) is 17.1 Å². The maximum absolute atomic E-state index is 2.49.